The summed E-state index contributed by atoms with van der Waals surface area (Å²) in [6.07, 6.45) is 0.969. The Morgan fingerprint density at radius 3 is 2.79 bits per heavy atom. The van der Waals surface area contributed by atoms with Gasteiger partial charge in [0.1, 0.15) is 0 Å². The minimum Gasteiger partial charge on any atom is -0.477 e. The number of hydrogen-bond donors (Lipinski definition) is 1. The maximum absolute atomic E-state index is 12.3. The van der Waals surface area contributed by atoms with E-state index >= 15 is 0 Å². The Labute approximate surface area is 140 Å². The second-order valence-corrected chi connectivity index (χ2v) is 6.08. The van der Waals surface area contributed by atoms with Crippen LogP contribution in [-0.2, 0) is 4.79 Å². The predicted octanol–water partition coefficient (Wildman–Crippen LogP) is 0.480. The molecule has 130 valence electrons. The number of nitrogens with zero attached hydrogens (tertiary/aromatic N) is 3. The summed E-state index contributed by atoms with van der Waals surface area (Å²) in [4.78, 5) is 27.0. The molecule has 24 heavy (non-hydrogen) atoms. The minimum absolute atomic E-state index is 0.120. The summed E-state index contributed by atoms with van der Waals surface area (Å²) in [6.45, 7) is 5.27. The van der Waals surface area contributed by atoms with Crippen molar-refractivity contribution in [2.24, 2.45) is 0 Å². The van der Waals surface area contributed by atoms with Gasteiger partial charge in [-0.1, -0.05) is 12.1 Å². The zero-order valence-electron chi connectivity index (χ0n) is 13.5. The summed E-state index contributed by atoms with van der Waals surface area (Å²) < 4.78 is 5.40. The largest absolute Gasteiger partial charge is 0.477 e. The predicted molar refractivity (Wildman–Crippen MR) is 88.0 cm³/mol. The second kappa shape index (κ2) is 7.59. The van der Waals surface area contributed by atoms with Crippen molar-refractivity contribution in [3.63, 3.8) is 0 Å². The summed E-state index contributed by atoms with van der Waals surface area (Å²) >= 11 is 0. The molecule has 0 saturated carbocycles. The molecule has 1 aromatic carbocycles. The van der Waals surface area contributed by atoms with Crippen molar-refractivity contribution in [2.45, 2.75) is 12.5 Å². The van der Waals surface area contributed by atoms with E-state index in [0.717, 1.165) is 32.6 Å². The van der Waals surface area contributed by atoms with Crippen molar-refractivity contribution in [3.8, 4) is 5.75 Å². The Bertz CT molecular complexity index is 603. The Hall–Kier alpha value is -2.19. The van der Waals surface area contributed by atoms with Crippen LogP contribution in [0.5, 0.6) is 5.75 Å². The standard InChI is InChI=1S/C16H22N4O4/c21-16(12-24-15-4-2-1-3-14(15)20(22)23)19-8-5-13(11-19)18-9-6-17-7-10-18/h1-4,13,17H,5-12H2. The van der Waals surface area contributed by atoms with Gasteiger partial charge in [0, 0.05) is 51.4 Å². The summed E-state index contributed by atoms with van der Waals surface area (Å²) in [6, 6.07) is 6.52. The fourth-order valence-corrected chi connectivity index (χ4v) is 3.27. The van der Waals surface area contributed by atoms with Crippen molar-refractivity contribution >= 4 is 11.6 Å². The van der Waals surface area contributed by atoms with E-state index < -0.39 is 4.92 Å². The SMILES string of the molecule is O=C(COc1ccccc1[N+](=O)[O-])N1CCC(N2CCNCC2)C1. The first-order valence-corrected chi connectivity index (χ1v) is 8.24. The number of rotatable bonds is 5. The highest BCUT2D eigenvalue weighted by Gasteiger charge is 2.31. The molecule has 2 aliphatic rings. The van der Waals surface area contributed by atoms with E-state index in [-0.39, 0.29) is 24.0 Å². The van der Waals surface area contributed by atoms with Crippen molar-refractivity contribution < 1.29 is 14.5 Å². The molecule has 2 aliphatic heterocycles. The quantitative estimate of drug-likeness (QED) is 0.622. The number of para-hydroxylation sites is 2. The van der Waals surface area contributed by atoms with Crippen molar-refractivity contribution in [1.82, 2.24) is 15.1 Å². The average molecular weight is 334 g/mol. The van der Waals surface area contributed by atoms with Crippen LogP contribution < -0.4 is 10.1 Å². The number of nitro benzene ring substituents is 1. The first-order chi connectivity index (χ1) is 11.6. The first kappa shape index (κ1) is 16.7. The molecule has 0 aliphatic carbocycles. The van der Waals surface area contributed by atoms with Crippen LogP contribution in [0.3, 0.4) is 0 Å². The highest BCUT2D eigenvalue weighted by atomic mass is 16.6. The molecule has 2 saturated heterocycles. The summed E-state index contributed by atoms with van der Waals surface area (Å²) in [5.74, 6) is 0.0134. The normalized spacial score (nSPS) is 21.7. The molecule has 1 unspecified atom stereocenters. The fourth-order valence-electron chi connectivity index (χ4n) is 3.27. The van der Waals surface area contributed by atoms with E-state index in [1.807, 2.05) is 0 Å². The summed E-state index contributed by atoms with van der Waals surface area (Å²) in [5, 5.41) is 14.3. The number of benzene rings is 1. The minimum atomic E-state index is -0.504. The third-order valence-electron chi connectivity index (χ3n) is 4.60. The lowest BCUT2D eigenvalue weighted by Gasteiger charge is -2.32. The van der Waals surface area contributed by atoms with Crippen LogP contribution in [0.25, 0.3) is 0 Å². The van der Waals surface area contributed by atoms with Gasteiger partial charge in [0.15, 0.2) is 12.4 Å². The first-order valence-electron chi connectivity index (χ1n) is 8.24. The van der Waals surface area contributed by atoms with Gasteiger partial charge in [-0.2, -0.15) is 0 Å². The van der Waals surface area contributed by atoms with E-state index in [1.165, 1.54) is 12.1 Å². The van der Waals surface area contributed by atoms with E-state index in [0.29, 0.717) is 19.1 Å². The third-order valence-corrected chi connectivity index (χ3v) is 4.60. The van der Waals surface area contributed by atoms with Gasteiger partial charge >= 0.3 is 5.69 Å². The molecule has 8 nitrogen and oxygen atoms in total. The van der Waals surface area contributed by atoms with E-state index in [4.69, 9.17) is 4.74 Å². The van der Waals surface area contributed by atoms with Crippen LogP contribution >= 0.6 is 0 Å². The van der Waals surface area contributed by atoms with Crippen LogP contribution in [0.2, 0.25) is 0 Å². The second-order valence-electron chi connectivity index (χ2n) is 6.08. The van der Waals surface area contributed by atoms with Crippen LogP contribution in [0.4, 0.5) is 5.69 Å². The molecule has 0 aromatic heterocycles. The van der Waals surface area contributed by atoms with Crippen LogP contribution in [0.1, 0.15) is 6.42 Å². The van der Waals surface area contributed by atoms with Crippen LogP contribution in [-0.4, -0.2) is 72.5 Å². The highest BCUT2D eigenvalue weighted by Crippen LogP contribution is 2.26. The molecule has 1 N–H and O–H groups in total. The van der Waals surface area contributed by atoms with Gasteiger partial charge in [-0.25, -0.2) is 0 Å². The Morgan fingerprint density at radius 2 is 2.04 bits per heavy atom. The topological polar surface area (TPSA) is 87.9 Å². The summed E-state index contributed by atoms with van der Waals surface area (Å²) in [5.41, 5.74) is -0.120. The van der Waals surface area contributed by atoms with Gasteiger partial charge in [0.05, 0.1) is 4.92 Å². The molecule has 0 spiro atoms. The van der Waals surface area contributed by atoms with Gasteiger partial charge in [-0.05, 0) is 12.5 Å². The third kappa shape index (κ3) is 3.82. The van der Waals surface area contributed by atoms with E-state index in [1.54, 1.807) is 17.0 Å². The van der Waals surface area contributed by atoms with E-state index in [2.05, 4.69) is 10.2 Å². The van der Waals surface area contributed by atoms with Gasteiger partial charge in [0.2, 0.25) is 0 Å². The average Bonchev–Trinajstić information content (AvgIpc) is 3.11. The molecule has 0 radical (unpaired) electrons. The molecular weight excluding hydrogens is 312 g/mol. The molecule has 0 bridgehead atoms. The Morgan fingerprint density at radius 1 is 1.29 bits per heavy atom. The number of ether oxygens (including phenoxy) is 1. The molecular formula is C16H22N4O4. The Kier molecular flexibility index (Phi) is 5.27. The molecule has 8 heteroatoms. The number of likely N-dealkylation sites (tertiary alicyclic amines) is 1. The number of hydrogen-bond acceptors (Lipinski definition) is 6. The Balaban J connectivity index is 1.52. The lowest BCUT2D eigenvalue weighted by Crippen LogP contribution is -2.49. The number of piperazine rings is 1. The van der Waals surface area contributed by atoms with Crippen LogP contribution in [0.15, 0.2) is 24.3 Å². The molecule has 2 heterocycles. The van der Waals surface area contributed by atoms with Gasteiger partial charge < -0.3 is 15.0 Å². The van der Waals surface area contributed by atoms with Crippen molar-refractivity contribution in [1.29, 1.82) is 0 Å². The number of carbonyl (C=O) groups is 1. The zero-order chi connectivity index (χ0) is 16.9. The molecule has 1 amide bonds. The maximum Gasteiger partial charge on any atom is 0.310 e. The number of nitro groups is 1. The smallest absolute Gasteiger partial charge is 0.310 e. The molecule has 1 aromatic rings. The lowest BCUT2D eigenvalue weighted by atomic mass is 10.2. The zero-order valence-corrected chi connectivity index (χ0v) is 13.5. The molecule has 2 fully saturated rings. The fraction of sp³-hybridized carbons (Fsp3) is 0.562. The number of carbonyl (C=O) groups excluding carboxylic acids is 1. The van der Waals surface area contributed by atoms with Gasteiger partial charge in [-0.3, -0.25) is 19.8 Å². The number of amides is 1. The number of nitrogens with one attached hydrogen (secondary N) is 1. The molecule has 1 atom stereocenters. The monoisotopic (exact) mass is 334 g/mol. The lowest BCUT2D eigenvalue weighted by molar-refractivity contribution is -0.385. The highest BCUT2D eigenvalue weighted by molar-refractivity contribution is 5.78. The maximum atomic E-state index is 12.3. The molecule has 3 rings (SSSR count). The van der Waals surface area contributed by atoms with Crippen molar-refractivity contribution in [3.05, 3.63) is 34.4 Å². The van der Waals surface area contributed by atoms with Crippen LogP contribution in [0, 0.1) is 10.1 Å². The van der Waals surface area contributed by atoms with Gasteiger partial charge in [-0.15, -0.1) is 0 Å². The van der Waals surface area contributed by atoms with Crippen molar-refractivity contribution in [2.75, 3.05) is 45.9 Å². The summed E-state index contributed by atoms with van der Waals surface area (Å²) in [7, 11) is 0. The van der Waals surface area contributed by atoms with Gasteiger partial charge in [0.25, 0.3) is 5.91 Å². The van der Waals surface area contributed by atoms with E-state index in [9.17, 15) is 14.9 Å².